The maximum absolute atomic E-state index is 12.5. The molecule has 1 aliphatic rings. The lowest BCUT2D eigenvalue weighted by Crippen LogP contribution is -2.22. The summed E-state index contributed by atoms with van der Waals surface area (Å²) < 4.78 is 2.06. The van der Waals surface area contributed by atoms with Gasteiger partial charge in [0, 0.05) is 29.5 Å². The summed E-state index contributed by atoms with van der Waals surface area (Å²) in [6.45, 7) is 4.88. The van der Waals surface area contributed by atoms with E-state index >= 15 is 0 Å². The van der Waals surface area contributed by atoms with Crippen LogP contribution < -0.4 is 10.6 Å². The van der Waals surface area contributed by atoms with Crippen LogP contribution >= 0.6 is 11.8 Å². The quantitative estimate of drug-likeness (QED) is 0.429. The highest BCUT2D eigenvalue weighted by Gasteiger charge is 2.16. The van der Waals surface area contributed by atoms with E-state index in [0.29, 0.717) is 6.04 Å². The van der Waals surface area contributed by atoms with Crippen LogP contribution in [-0.4, -0.2) is 32.5 Å². The van der Waals surface area contributed by atoms with Crippen LogP contribution in [0.5, 0.6) is 0 Å². The molecule has 4 rings (SSSR count). The lowest BCUT2D eigenvalue weighted by atomic mass is 9.95. The molecule has 1 amide bonds. The number of rotatable bonds is 8. The zero-order valence-electron chi connectivity index (χ0n) is 18.8. The Balaban J connectivity index is 1.33. The van der Waals surface area contributed by atoms with Crippen molar-refractivity contribution in [3.63, 3.8) is 0 Å². The second-order valence-electron chi connectivity index (χ2n) is 8.26. The van der Waals surface area contributed by atoms with Gasteiger partial charge in [0.15, 0.2) is 11.0 Å². The van der Waals surface area contributed by atoms with Gasteiger partial charge in [0.1, 0.15) is 0 Å². The first-order valence-corrected chi connectivity index (χ1v) is 12.4. The highest BCUT2D eigenvalue weighted by molar-refractivity contribution is 7.99. The number of carbonyl (C=O) groups is 1. The molecule has 6 nitrogen and oxygen atoms in total. The van der Waals surface area contributed by atoms with Crippen molar-refractivity contribution in [2.24, 2.45) is 0 Å². The van der Waals surface area contributed by atoms with E-state index in [1.54, 1.807) is 0 Å². The van der Waals surface area contributed by atoms with Crippen molar-refractivity contribution in [3.8, 4) is 11.4 Å². The number of amides is 1. The molecule has 1 heterocycles. The molecule has 2 N–H and O–H groups in total. The van der Waals surface area contributed by atoms with E-state index in [4.69, 9.17) is 0 Å². The first-order chi connectivity index (χ1) is 15.6. The van der Waals surface area contributed by atoms with Crippen molar-refractivity contribution in [1.82, 2.24) is 14.8 Å². The summed E-state index contributed by atoms with van der Waals surface area (Å²) in [5.41, 5.74) is 4.15. The van der Waals surface area contributed by atoms with Crippen LogP contribution in [0.3, 0.4) is 0 Å². The predicted molar refractivity (Wildman–Crippen MR) is 132 cm³/mol. The molecule has 2 aromatic carbocycles. The first kappa shape index (κ1) is 22.4. The van der Waals surface area contributed by atoms with Gasteiger partial charge in [-0.15, -0.1) is 10.2 Å². The van der Waals surface area contributed by atoms with Crippen molar-refractivity contribution in [2.75, 3.05) is 16.4 Å². The number of nitrogens with one attached hydrogen (secondary N) is 2. The Bertz CT molecular complexity index is 1040. The highest BCUT2D eigenvalue weighted by atomic mass is 32.2. The van der Waals surface area contributed by atoms with E-state index in [1.807, 2.05) is 36.4 Å². The minimum atomic E-state index is -0.0499. The Kier molecular flexibility index (Phi) is 7.47. The molecule has 0 atom stereocenters. The number of thioether (sulfide) groups is 1. The van der Waals surface area contributed by atoms with Gasteiger partial charge < -0.3 is 15.2 Å². The fourth-order valence-electron chi connectivity index (χ4n) is 4.16. The zero-order valence-corrected chi connectivity index (χ0v) is 19.6. The number of nitrogens with zero attached hydrogens (tertiary/aromatic N) is 3. The van der Waals surface area contributed by atoms with Crippen molar-refractivity contribution in [1.29, 1.82) is 0 Å². The fourth-order valence-corrected chi connectivity index (χ4v) is 4.97. The van der Waals surface area contributed by atoms with E-state index in [0.717, 1.165) is 40.0 Å². The molecule has 3 aromatic rings. The van der Waals surface area contributed by atoms with Gasteiger partial charge in [0.25, 0.3) is 0 Å². The van der Waals surface area contributed by atoms with Crippen LogP contribution in [0, 0.1) is 6.92 Å². The highest BCUT2D eigenvalue weighted by Crippen LogP contribution is 2.26. The molecule has 1 saturated carbocycles. The molecule has 1 aromatic heterocycles. The van der Waals surface area contributed by atoms with Gasteiger partial charge in [-0.2, -0.15) is 0 Å². The normalized spacial score (nSPS) is 14.3. The summed E-state index contributed by atoms with van der Waals surface area (Å²) >= 11 is 1.41. The number of hydrogen-bond donors (Lipinski definition) is 2. The molecule has 7 heteroatoms. The molecule has 1 fully saturated rings. The lowest BCUT2D eigenvalue weighted by Gasteiger charge is -2.23. The van der Waals surface area contributed by atoms with E-state index < -0.39 is 0 Å². The van der Waals surface area contributed by atoms with Crippen LogP contribution in [0.1, 0.15) is 44.6 Å². The Labute approximate surface area is 194 Å². The van der Waals surface area contributed by atoms with Gasteiger partial charge in [-0.25, -0.2) is 0 Å². The molecule has 0 unspecified atom stereocenters. The standard InChI is InChI=1S/C25H31N5OS/c1-3-30-24(22-12-8-7-9-18(22)2)28-29-25(30)32-17-23(31)27-21-15-13-20(14-16-21)26-19-10-5-4-6-11-19/h7-9,12-16,19,26H,3-6,10-11,17H2,1-2H3,(H,27,31). The van der Waals surface area contributed by atoms with Crippen LogP contribution in [0.2, 0.25) is 0 Å². The molecular weight excluding hydrogens is 418 g/mol. The molecule has 168 valence electrons. The van der Waals surface area contributed by atoms with E-state index in [1.165, 1.54) is 43.9 Å². The van der Waals surface area contributed by atoms with Gasteiger partial charge in [-0.1, -0.05) is 55.3 Å². The van der Waals surface area contributed by atoms with E-state index in [2.05, 4.69) is 51.4 Å². The Hall–Kier alpha value is -2.80. The summed E-state index contributed by atoms with van der Waals surface area (Å²) in [5, 5.41) is 16.1. The number of aryl methyl sites for hydroxylation is 1. The van der Waals surface area contributed by atoms with Crippen LogP contribution in [0.25, 0.3) is 11.4 Å². The van der Waals surface area contributed by atoms with Crippen molar-refractivity contribution in [2.45, 2.75) is 63.7 Å². The van der Waals surface area contributed by atoms with E-state index in [9.17, 15) is 4.79 Å². The number of hydrogen-bond acceptors (Lipinski definition) is 5. The van der Waals surface area contributed by atoms with Crippen LogP contribution in [0.4, 0.5) is 11.4 Å². The summed E-state index contributed by atoms with van der Waals surface area (Å²) in [4.78, 5) is 12.5. The molecule has 32 heavy (non-hydrogen) atoms. The summed E-state index contributed by atoms with van der Waals surface area (Å²) in [6.07, 6.45) is 6.44. The average molecular weight is 450 g/mol. The molecule has 0 spiro atoms. The number of aromatic nitrogens is 3. The summed E-state index contributed by atoms with van der Waals surface area (Å²) in [5.74, 6) is 1.08. The Morgan fingerprint density at radius 3 is 2.47 bits per heavy atom. The van der Waals surface area contributed by atoms with Crippen LogP contribution in [-0.2, 0) is 11.3 Å². The number of anilines is 2. The topological polar surface area (TPSA) is 71.8 Å². The van der Waals surface area contributed by atoms with Gasteiger partial charge in [0.2, 0.25) is 5.91 Å². The summed E-state index contributed by atoms with van der Waals surface area (Å²) in [7, 11) is 0. The van der Waals surface area contributed by atoms with Gasteiger partial charge >= 0.3 is 0 Å². The molecule has 0 radical (unpaired) electrons. The largest absolute Gasteiger partial charge is 0.382 e. The predicted octanol–water partition coefficient (Wildman–Crippen LogP) is 5.75. The van der Waals surface area contributed by atoms with Crippen molar-refractivity contribution >= 4 is 29.0 Å². The smallest absolute Gasteiger partial charge is 0.234 e. The number of benzene rings is 2. The van der Waals surface area contributed by atoms with Crippen molar-refractivity contribution in [3.05, 3.63) is 54.1 Å². The maximum atomic E-state index is 12.5. The SMILES string of the molecule is CCn1c(SCC(=O)Nc2ccc(NC3CCCCC3)cc2)nnc1-c1ccccc1C. The lowest BCUT2D eigenvalue weighted by molar-refractivity contribution is -0.113. The fraction of sp³-hybridized carbons (Fsp3) is 0.400. The monoisotopic (exact) mass is 449 g/mol. The minimum Gasteiger partial charge on any atom is -0.382 e. The van der Waals surface area contributed by atoms with Crippen molar-refractivity contribution < 1.29 is 4.79 Å². The average Bonchev–Trinajstić information content (AvgIpc) is 3.23. The number of carbonyl (C=O) groups excluding carboxylic acids is 1. The molecule has 0 saturated heterocycles. The third-order valence-corrected chi connectivity index (χ3v) is 6.86. The minimum absolute atomic E-state index is 0.0499. The van der Waals surface area contributed by atoms with E-state index in [-0.39, 0.29) is 11.7 Å². The molecule has 1 aliphatic carbocycles. The molecule has 0 bridgehead atoms. The third kappa shape index (κ3) is 5.51. The third-order valence-electron chi connectivity index (χ3n) is 5.90. The zero-order chi connectivity index (χ0) is 22.3. The maximum Gasteiger partial charge on any atom is 0.234 e. The van der Waals surface area contributed by atoms with Gasteiger partial charge in [-0.05, 0) is 56.5 Å². The summed E-state index contributed by atoms with van der Waals surface area (Å²) in [6, 6.07) is 16.7. The van der Waals surface area contributed by atoms with Crippen LogP contribution in [0.15, 0.2) is 53.7 Å². The molecule has 0 aliphatic heterocycles. The first-order valence-electron chi connectivity index (χ1n) is 11.4. The Morgan fingerprint density at radius 2 is 1.75 bits per heavy atom. The van der Waals surface area contributed by atoms with Gasteiger partial charge in [0.05, 0.1) is 5.75 Å². The second-order valence-corrected chi connectivity index (χ2v) is 9.20. The van der Waals surface area contributed by atoms with Gasteiger partial charge in [-0.3, -0.25) is 4.79 Å². The Morgan fingerprint density at radius 1 is 1.03 bits per heavy atom. The molecular formula is C25H31N5OS. The second kappa shape index (κ2) is 10.7.